The van der Waals surface area contributed by atoms with E-state index in [-0.39, 0.29) is 57.2 Å². The van der Waals surface area contributed by atoms with Gasteiger partial charge in [0.05, 0.1) is 33.7 Å². The Bertz CT molecular complexity index is 1070. The van der Waals surface area contributed by atoms with Crippen LogP contribution in [0, 0.1) is 28.5 Å². The summed E-state index contributed by atoms with van der Waals surface area (Å²) in [6, 6.07) is 4.82. The third-order valence-corrected chi connectivity index (χ3v) is 6.10. The highest BCUT2D eigenvalue weighted by Gasteiger charge is 2.33. The van der Waals surface area contributed by atoms with Gasteiger partial charge in [-0.05, 0) is 22.0 Å². The maximum Gasteiger partial charge on any atom is 0.407 e. The first-order chi connectivity index (χ1) is 13.3. The number of rotatable bonds is 2. The van der Waals surface area contributed by atoms with Crippen LogP contribution < -0.4 is 4.90 Å². The Morgan fingerprint density at radius 1 is 1.43 bits per heavy atom. The van der Waals surface area contributed by atoms with Gasteiger partial charge in [-0.25, -0.2) is 14.2 Å². The van der Waals surface area contributed by atoms with Crippen LogP contribution in [0.5, 0.6) is 0 Å². The third-order valence-electron chi connectivity index (χ3n) is 4.53. The topological polar surface area (TPSA) is 104 Å². The minimum atomic E-state index is -1.13. The fourth-order valence-electron chi connectivity index (χ4n) is 3.28. The summed E-state index contributed by atoms with van der Waals surface area (Å²) in [7, 11) is 0. The number of pyridine rings is 1. The Hall–Kier alpha value is -2.33. The van der Waals surface area contributed by atoms with Crippen LogP contribution in [-0.4, -0.2) is 46.8 Å². The molecule has 0 saturated carbocycles. The number of piperazine rings is 1. The number of carbonyl (C=O) groups is 1. The van der Waals surface area contributed by atoms with Gasteiger partial charge in [0.25, 0.3) is 0 Å². The van der Waals surface area contributed by atoms with Gasteiger partial charge in [0.1, 0.15) is 22.3 Å². The van der Waals surface area contributed by atoms with Gasteiger partial charge >= 0.3 is 6.09 Å². The molecule has 0 bridgehead atoms. The number of halogens is 4. The molecule has 7 nitrogen and oxygen atoms in total. The standard InChI is InChI=1S/C17H11BrCl2FN5O2/c18-12-11(19)5-9-14(13(12)21)24-16(20)10(6-23)15(9)25-3-4-26(17(27)28)8(7-25)1-2-22/h5,8H,1,3-4,7H2,(H,27,28)/t8-/m0/s1. The molecule has 144 valence electrons. The van der Waals surface area contributed by atoms with Crippen LogP contribution in [0.1, 0.15) is 12.0 Å². The largest absolute Gasteiger partial charge is 0.465 e. The summed E-state index contributed by atoms with van der Waals surface area (Å²) >= 11 is 15.3. The first kappa shape index (κ1) is 20.4. The number of aromatic nitrogens is 1. The van der Waals surface area contributed by atoms with Gasteiger partial charge in [0.2, 0.25) is 0 Å². The number of hydrogen-bond donors (Lipinski definition) is 1. The molecular formula is C17H11BrCl2FN5O2. The first-order valence-corrected chi connectivity index (χ1v) is 9.53. The second kappa shape index (κ2) is 7.96. The first-order valence-electron chi connectivity index (χ1n) is 7.98. The van der Waals surface area contributed by atoms with Crippen molar-refractivity contribution in [3.05, 3.63) is 32.1 Å². The van der Waals surface area contributed by atoms with Gasteiger partial charge in [0, 0.05) is 25.0 Å². The smallest absolute Gasteiger partial charge is 0.407 e. The number of benzene rings is 1. The van der Waals surface area contributed by atoms with E-state index in [1.807, 2.05) is 12.1 Å². The SMILES string of the molecule is N#CC[C@H]1CN(c2c(C#N)c(Cl)nc3c(F)c(Br)c(Cl)cc23)CCN1C(=O)O. The lowest BCUT2D eigenvalue weighted by molar-refractivity contribution is 0.119. The molecule has 1 aromatic carbocycles. The van der Waals surface area contributed by atoms with Crippen molar-refractivity contribution >= 4 is 61.8 Å². The number of nitriles is 2. The zero-order valence-corrected chi connectivity index (χ0v) is 17.2. The molecule has 1 atom stereocenters. The van der Waals surface area contributed by atoms with Gasteiger partial charge in [0.15, 0.2) is 5.82 Å². The quantitative estimate of drug-likeness (QED) is 0.498. The average molecular weight is 487 g/mol. The van der Waals surface area contributed by atoms with E-state index in [9.17, 15) is 19.6 Å². The molecule has 1 aliphatic heterocycles. The molecule has 1 N–H and O–H groups in total. The van der Waals surface area contributed by atoms with Crippen LogP contribution in [0.3, 0.4) is 0 Å². The van der Waals surface area contributed by atoms with Crippen LogP contribution in [0.4, 0.5) is 14.9 Å². The highest BCUT2D eigenvalue weighted by Crippen LogP contribution is 2.40. The highest BCUT2D eigenvalue weighted by molar-refractivity contribution is 9.10. The van der Waals surface area contributed by atoms with E-state index < -0.39 is 18.0 Å². The van der Waals surface area contributed by atoms with Crippen molar-refractivity contribution in [2.75, 3.05) is 24.5 Å². The zero-order chi connectivity index (χ0) is 20.6. The van der Waals surface area contributed by atoms with Gasteiger partial charge in [-0.2, -0.15) is 10.5 Å². The Morgan fingerprint density at radius 2 is 2.14 bits per heavy atom. The molecule has 1 aromatic heterocycles. The molecule has 11 heteroatoms. The highest BCUT2D eigenvalue weighted by atomic mass is 79.9. The summed E-state index contributed by atoms with van der Waals surface area (Å²) in [5, 5.41) is 28.2. The predicted molar refractivity (Wildman–Crippen MR) is 105 cm³/mol. The van der Waals surface area contributed by atoms with E-state index >= 15 is 0 Å². The summed E-state index contributed by atoms with van der Waals surface area (Å²) in [6.45, 7) is 0.480. The zero-order valence-electron chi connectivity index (χ0n) is 14.1. The lowest BCUT2D eigenvalue weighted by Crippen LogP contribution is -2.55. The van der Waals surface area contributed by atoms with Crippen LogP contribution >= 0.6 is 39.1 Å². The van der Waals surface area contributed by atoms with E-state index in [2.05, 4.69) is 20.9 Å². The Morgan fingerprint density at radius 3 is 2.75 bits per heavy atom. The second-order valence-electron chi connectivity index (χ2n) is 6.06. The van der Waals surface area contributed by atoms with Crippen molar-refractivity contribution in [2.45, 2.75) is 12.5 Å². The molecular weight excluding hydrogens is 476 g/mol. The van der Waals surface area contributed by atoms with E-state index in [1.165, 1.54) is 11.0 Å². The molecule has 1 amide bonds. The minimum Gasteiger partial charge on any atom is -0.465 e. The summed E-state index contributed by atoms with van der Waals surface area (Å²) < 4.78 is 14.7. The molecule has 1 fully saturated rings. The van der Waals surface area contributed by atoms with Crippen molar-refractivity contribution < 1.29 is 14.3 Å². The molecule has 0 aliphatic carbocycles. The van der Waals surface area contributed by atoms with Crippen LogP contribution in [0.25, 0.3) is 10.9 Å². The molecule has 0 unspecified atom stereocenters. The van der Waals surface area contributed by atoms with Crippen LogP contribution in [0.2, 0.25) is 10.2 Å². The summed E-state index contributed by atoms with van der Waals surface area (Å²) in [5.74, 6) is -0.715. The van der Waals surface area contributed by atoms with Crippen molar-refractivity contribution in [1.29, 1.82) is 10.5 Å². The lowest BCUT2D eigenvalue weighted by Gasteiger charge is -2.40. The summed E-state index contributed by atoms with van der Waals surface area (Å²) in [6.07, 6.45) is -1.15. The lowest BCUT2D eigenvalue weighted by atomic mass is 10.0. The molecule has 0 spiro atoms. The predicted octanol–water partition coefficient (Wildman–Crippen LogP) is 4.40. The molecule has 2 aromatic rings. The van der Waals surface area contributed by atoms with E-state index in [0.29, 0.717) is 5.69 Å². The Labute approximate surface area is 177 Å². The maximum absolute atomic E-state index is 14.7. The van der Waals surface area contributed by atoms with E-state index in [1.54, 1.807) is 4.90 Å². The number of anilines is 1. The molecule has 3 rings (SSSR count). The minimum absolute atomic E-state index is 0.0257. The average Bonchev–Trinajstić information content (AvgIpc) is 2.66. The third kappa shape index (κ3) is 3.42. The summed E-state index contributed by atoms with van der Waals surface area (Å²) in [5.41, 5.74) is 0.290. The van der Waals surface area contributed by atoms with Crippen LogP contribution in [0.15, 0.2) is 10.5 Å². The molecule has 0 radical (unpaired) electrons. The number of fused-ring (bicyclic) bond motifs is 1. The Kier molecular flexibility index (Phi) is 5.80. The number of hydrogen-bond acceptors (Lipinski definition) is 5. The number of nitrogens with zero attached hydrogens (tertiary/aromatic N) is 5. The molecule has 1 saturated heterocycles. The second-order valence-corrected chi connectivity index (χ2v) is 7.62. The number of amides is 1. The van der Waals surface area contributed by atoms with Crippen molar-refractivity contribution in [1.82, 2.24) is 9.88 Å². The fraction of sp³-hybridized carbons (Fsp3) is 0.294. The van der Waals surface area contributed by atoms with Gasteiger partial charge in [-0.15, -0.1) is 0 Å². The van der Waals surface area contributed by atoms with Crippen molar-refractivity contribution in [2.24, 2.45) is 0 Å². The van der Waals surface area contributed by atoms with E-state index in [0.717, 1.165) is 0 Å². The van der Waals surface area contributed by atoms with Crippen LogP contribution in [-0.2, 0) is 0 Å². The van der Waals surface area contributed by atoms with Crippen molar-refractivity contribution in [3.63, 3.8) is 0 Å². The fourth-order valence-corrected chi connectivity index (χ4v) is 3.99. The molecule has 2 heterocycles. The molecule has 1 aliphatic rings. The van der Waals surface area contributed by atoms with E-state index in [4.69, 9.17) is 28.5 Å². The van der Waals surface area contributed by atoms with Gasteiger partial charge < -0.3 is 14.9 Å². The number of carboxylic acid groups (broad SMARTS) is 1. The summed E-state index contributed by atoms with van der Waals surface area (Å²) in [4.78, 5) is 18.3. The van der Waals surface area contributed by atoms with Gasteiger partial charge in [-0.1, -0.05) is 23.2 Å². The monoisotopic (exact) mass is 485 g/mol. The maximum atomic E-state index is 14.7. The Balaban J connectivity index is 2.21. The van der Waals surface area contributed by atoms with Crippen molar-refractivity contribution in [3.8, 4) is 12.1 Å². The normalized spacial score (nSPS) is 16.7. The van der Waals surface area contributed by atoms with Gasteiger partial charge in [-0.3, -0.25) is 0 Å². The molecule has 28 heavy (non-hydrogen) atoms.